The molecule has 2 aromatic carbocycles. The number of halogens is 1. The molecular weight excluding hydrogens is 514 g/mol. The molecule has 2 atom stereocenters. The second-order valence-electron chi connectivity index (χ2n) is 10.0. The number of hydrogen-bond donors (Lipinski definition) is 2. The fourth-order valence-electron chi connectivity index (χ4n) is 5.07. The van der Waals surface area contributed by atoms with E-state index in [2.05, 4.69) is 42.4 Å². The maximum atomic E-state index is 13.3. The minimum Gasteiger partial charge on any atom is -0.454 e. The fraction of sp³-hybridized carbons (Fsp3) is 0.414. The number of nitrogens with one attached hydrogen (secondary N) is 2. The molecule has 2 N–H and O–H groups in total. The van der Waals surface area contributed by atoms with Gasteiger partial charge in [0.25, 0.3) is 0 Å². The topological polar surface area (TPSA) is 113 Å². The van der Waals surface area contributed by atoms with E-state index in [0.717, 1.165) is 73.3 Å². The first-order valence-corrected chi connectivity index (χ1v) is 14.0. The predicted molar refractivity (Wildman–Crippen MR) is 150 cm³/mol. The SMILES string of the molecule is CCCCc1nc(Cl)c([C@@H](Cc2ccc(-c3ccccc3)c(-c3nn[nH]n3)c2)OC(=O)[C@@H](C)N2CCCC2)[nH]1. The number of likely N-dealkylation sites (tertiary alicyclic amines) is 1. The van der Waals surface area contributed by atoms with E-state index < -0.39 is 6.10 Å². The maximum absolute atomic E-state index is 13.3. The molecular formula is C29H34ClN7O2. The summed E-state index contributed by atoms with van der Waals surface area (Å²) in [6, 6.07) is 15.9. The van der Waals surface area contributed by atoms with E-state index in [1.807, 2.05) is 55.5 Å². The smallest absolute Gasteiger partial charge is 0.323 e. The Morgan fingerprint density at radius 3 is 2.64 bits per heavy atom. The van der Waals surface area contributed by atoms with Gasteiger partial charge in [0.2, 0.25) is 5.82 Å². The number of unbranched alkanes of at least 4 members (excludes halogenated alkanes) is 1. The van der Waals surface area contributed by atoms with Crippen molar-refractivity contribution in [1.29, 1.82) is 0 Å². The van der Waals surface area contributed by atoms with Gasteiger partial charge in [-0.15, -0.1) is 10.2 Å². The molecule has 0 aliphatic carbocycles. The highest BCUT2D eigenvalue weighted by atomic mass is 35.5. The third kappa shape index (κ3) is 6.37. The number of benzene rings is 2. The number of tetrazole rings is 1. The lowest BCUT2D eigenvalue weighted by Crippen LogP contribution is -2.38. The Morgan fingerprint density at radius 2 is 1.92 bits per heavy atom. The summed E-state index contributed by atoms with van der Waals surface area (Å²) in [6.45, 7) is 5.86. The molecule has 1 fully saturated rings. The number of carbonyl (C=O) groups excluding carboxylic acids is 1. The van der Waals surface area contributed by atoms with Crippen LogP contribution in [0, 0.1) is 0 Å². The largest absolute Gasteiger partial charge is 0.454 e. The fourth-order valence-corrected chi connectivity index (χ4v) is 5.34. The number of aryl methyl sites for hydroxylation is 1. The lowest BCUT2D eigenvalue weighted by molar-refractivity contribution is -0.155. The van der Waals surface area contributed by atoms with Crippen LogP contribution in [0.5, 0.6) is 0 Å². The Hall–Kier alpha value is -3.56. The standard InChI is InChI=1S/C29H34ClN7O2/c1-3-4-12-25-31-26(27(30)32-25)24(39-29(38)19(2)37-15-8-9-16-37)18-20-13-14-22(21-10-6-5-7-11-21)23(17-20)28-33-35-36-34-28/h5-7,10-11,13-14,17,19,24H,3-4,8-9,12,15-16,18H2,1-2H3,(H,31,32)(H,33,34,35,36)/t19-,24-/m1/s1. The molecule has 5 rings (SSSR count). The van der Waals surface area contributed by atoms with Crippen molar-refractivity contribution in [2.45, 2.75) is 64.5 Å². The number of nitrogens with zero attached hydrogens (tertiary/aromatic N) is 5. The summed E-state index contributed by atoms with van der Waals surface area (Å²) in [5.74, 6) is 1.03. The molecule has 0 spiro atoms. The van der Waals surface area contributed by atoms with E-state index in [4.69, 9.17) is 16.3 Å². The number of carbonyl (C=O) groups is 1. The first-order chi connectivity index (χ1) is 19.0. The van der Waals surface area contributed by atoms with E-state index in [-0.39, 0.29) is 12.0 Å². The van der Waals surface area contributed by atoms with Gasteiger partial charge in [-0.25, -0.2) is 4.98 Å². The van der Waals surface area contributed by atoms with Gasteiger partial charge in [-0.2, -0.15) is 5.21 Å². The van der Waals surface area contributed by atoms with Gasteiger partial charge in [0.15, 0.2) is 5.15 Å². The van der Waals surface area contributed by atoms with Crippen LogP contribution in [0.15, 0.2) is 48.5 Å². The normalized spacial score (nSPS) is 15.4. The molecule has 0 saturated carbocycles. The molecule has 2 aromatic heterocycles. The Labute approximate surface area is 233 Å². The molecule has 39 heavy (non-hydrogen) atoms. The molecule has 1 aliphatic rings. The first kappa shape index (κ1) is 27.0. The number of H-pyrrole nitrogens is 2. The van der Waals surface area contributed by atoms with Crippen molar-refractivity contribution < 1.29 is 9.53 Å². The van der Waals surface area contributed by atoms with Crippen molar-refractivity contribution in [3.8, 4) is 22.5 Å². The summed E-state index contributed by atoms with van der Waals surface area (Å²) >= 11 is 6.62. The lowest BCUT2D eigenvalue weighted by Gasteiger charge is -2.25. The summed E-state index contributed by atoms with van der Waals surface area (Å²) in [5.41, 5.74) is 4.43. The average Bonchev–Trinajstić information content (AvgIpc) is 3.74. The summed E-state index contributed by atoms with van der Waals surface area (Å²) in [7, 11) is 0. The monoisotopic (exact) mass is 547 g/mol. The van der Waals surface area contributed by atoms with Crippen molar-refractivity contribution in [1.82, 2.24) is 35.5 Å². The van der Waals surface area contributed by atoms with Gasteiger partial charge < -0.3 is 9.72 Å². The summed E-state index contributed by atoms with van der Waals surface area (Å²) in [5, 5.41) is 15.1. The molecule has 4 aromatic rings. The predicted octanol–water partition coefficient (Wildman–Crippen LogP) is 5.56. The highest BCUT2D eigenvalue weighted by molar-refractivity contribution is 6.30. The minimum atomic E-state index is -0.626. The van der Waals surface area contributed by atoms with Crippen LogP contribution in [-0.4, -0.2) is 60.6 Å². The molecule has 0 bridgehead atoms. The Balaban J connectivity index is 1.47. The average molecular weight is 548 g/mol. The number of rotatable bonds is 11. The van der Waals surface area contributed by atoms with E-state index >= 15 is 0 Å². The molecule has 0 unspecified atom stereocenters. The lowest BCUT2D eigenvalue weighted by atomic mass is 9.95. The molecule has 204 valence electrons. The molecule has 9 nitrogen and oxygen atoms in total. The van der Waals surface area contributed by atoms with E-state index in [1.165, 1.54) is 0 Å². The van der Waals surface area contributed by atoms with E-state index in [9.17, 15) is 4.79 Å². The van der Waals surface area contributed by atoms with Crippen LogP contribution < -0.4 is 0 Å². The minimum absolute atomic E-state index is 0.262. The van der Waals surface area contributed by atoms with Crippen molar-refractivity contribution in [3.63, 3.8) is 0 Å². The van der Waals surface area contributed by atoms with Crippen LogP contribution in [-0.2, 0) is 22.4 Å². The van der Waals surface area contributed by atoms with E-state index in [0.29, 0.717) is 23.1 Å². The second-order valence-corrected chi connectivity index (χ2v) is 10.4. The number of ether oxygens (including phenoxy) is 1. The third-order valence-electron chi connectivity index (χ3n) is 7.29. The summed E-state index contributed by atoms with van der Waals surface area (Å²) < 4.78 is 6.17. The van der Waals surface area contributed by atoms with Crippen molar-refractivity contribution in [2.75, 3.05) is 13.1 Å². The molecule has 3 heterocycles. The number of imidazole rings is 1. The zero-order valence-electron chi connectivity index (χ0n) is 22.4. The number of hydrogen-bond acceptors (Lipinski definition) is 7. The summed E-state index contributed by atoms with van der Waals surface area (Å²) in [6.07, 6.45) is 4.81. The quantitative estimate of drug-likeness (QED) is 0.236. The first-order valence-electron chi connectivity index (χ1n) is 13.6. The highest BCUT2D eigenvalue weighted by Gasteiger charge is 2.30. The molecule has 10 heteroatoms. The zero-order valence-corrected chi connectivity index (χ0v) is 23.1. The van der Waals surface area contributed by atoms with Crippen LogP contribution >= 0.6 is 11.6 Å². The molecule has 0 radical (unpaired) electrons. The Morgan fingerprint density at radius 1 is 1.13 bits per heavy atom. The zero-order chi connectivity index (χ0) is 27.2. The number of esters is 1. The van der Waals surface area contributed by atoms with Crippen LogP contribution in [0.25, 0.3) is 22.5 Å². The van der Waals surface area contributed by atoms with Gasteiger partial charge in [-0.3, -0.25) is 9.69 Å². The van der Waals surface area contributed by atoms with Gasteiger partial charge in [0.05, 0.1) is 5.69 Å². The molecule has 1 saturated heterocycles. The number of aromatic nitrogens is 6. The van der Waals surface area contributed by atoms with Gasteiger partial charge in [-0.1, -0.05) is 67.4 Å². The summed E-state index contributed by atoms with van der Waals surface area (Å²) in [4.78, 5) is 23.4. The van der Waals surface area contributed by atoms with Crippen LogP contribution in [0.4, 0.5) is 0 Å². The number of aromatic amines is 2. The van der Waals surface area contributed by atoms with Gasteiger partial charge in [0.1, 0.15) is 18.0 Å². The van der Waals surface area contributed by atoms with Gasteiger partial charge >= 0.3 is 5.97 Å². The Bertz CT molecular complexity index is 1370. The Kier molecular flexibility index (Phi) is 8.68. The van der Waals surface area contributed by atoms with Gasteiger partial charge in [0, 0.05) is 18.4 Å². The highest BCUT2D eigenvalue weighted by Crippen LogP contribution is 2.34. The van der Waals surface area contributed by atoms with Crippen LogP contribution in [0.1, 0.15) is 62.7 Å². The van der Waals surface area contributed by atoms with E-state index in [1.54, 1.807) is 0 Å². The van der Waals surface area contributed by atoms with Crippen molar-refractivity contribution >= 4 is 17.6 Å². The third-order valence-corrected chi connectivity index (χ3v) is 7.58. The molecule has 0 amide bonds. The van der Waals surface area contributed by atoms with Crippen LogP contribution in [0.3, 0.4) is 0 Å². The molecule has 1 aliphatic heterocycles. The van der Waals surface area contributed by atoms with Crippen molar-refractivity contribution in [2.24, 2.45) is 0 Å². The second kappa shape index (κ2) is 12.5. The van der Waals surface area contributed by atoms with Crippen LogP contribution in [0.2, 0.25) is 5.15 Å². The van der Waals surface area contributed by atoms with Gasteiger partial charge in [-0.05, 0) is 67.2 Å². The van der Waals surface area contributed by atoms with Crippen molar-refractivity contribution in [3.05, 3.63) is 70.8 Å². The maximum Gasteiger partial charge on any atom is 0.323 e.